The Kier molecular flexibility index (Phi) is 4.62. The lowest BCUT2D eigenvalue weighted by Crippen LogP contribution is -2.47. The minimum absolute atomic E-state index is 0.149. The smallest absolute Gasteiger partial charge is 0.297 e. The van der Waals surface area contributed by atoms with Crippen molar-refractivity contribution < 1.29 is 13.2 Å². The standard InChI is InChI=1S/C12H20F3N3/c1-9(2)17-11(7-16)5-4-10(6-11)18(3)8-12(13,14)15/h9-10,17H,4-6,8H2,1-3H3. The number of halogens is 3. The molecule has 1 N–H and O–H groups in total. The third kappa shape index (κ3) is 4.14. The van der Waals surface area contributed by atoms with Gasteiger partial charge < -0.3 is 0 Å². The predicted molar refractivity (Wildman–Crippen MR) is 62.9 cm³/mol. The van der Waals surface area contributed by atoms with Crippen LogP contribution in [0, 0.1) is 11.3 Å². The Morgan fingerprint density at radius 2 is 2.11 bits per heavy atom. The highest BCUT2D eigenvalue weighted by Crippen LogP contribution is 2.33. The number of nitrogens with zero attached hydrogens (tertiary/aromatic N) is 2. The Bertz CT molecular complexity index is 322. The molecule has 104 valence electrons. The second kappa shape index (κ2) is 5.45. The monoisotopic (exact) mass is 263 g/mol. The van der Waals surface area contributed by atoms with Crippen molar-refractivity contribution in [3.05, 3.63) is 0 Å². The van der Waals surface area contributed by atoms with E-state index in [1.165, 1.54) is 11.9 Å². The molecule has 2 unspecified atom stereocenters. The summed E-state index contributed by atoms with van der Waals surface area (Å²) in [5.41, 5.74) is -0.668. The second-order valence-electron chi connectivity index (χ2n) is 5.42. The van der Waals surface area contributed by atoms with Crippen molar-refractivity contribution in [2.75, 3.05) is 13.6 Å². The number of hydrogen-bond donors (Lipinski definition) is 1. The lowest BCUT2D eigenvalue weighted by Gasteiger charge is -2.28. The molecule has 2 atom stereocenters. The van der Waals surface area contributed by atoms with E-state index in [4.69, 9.17) is 0 Å². The molecule has 18 heavy (non-hydrogen) atoms. The first-order chi connectivity index (χ1) is 8.17. The highest BCUT2D eigenvalue weighted by Gasteiger charge is 2.43. The van der Waals surface area contributed by atoms with E-state index < -0.39 is 18.3 Å². The molecule has 0 aliphatic heterocycles. The van der Waals surface area contributed by atoms with Crippen LogP contribution in [0.25, 0.3) is 0 Å². The number of hydrogen-bond acceptors (Lipinski definition) is 3. The maximum Gasteiger partial charge on any atom is 0.401 e. The Hall–Kier alpha value is -0.800. The summed E-state index contributed by atoms with van der Waals surface area (Å²) in [6.45, 7) is 2.96. The summed E-state index contributed by atoms with van der Waals surface area (Å²) in [6, 6.07) is 2.20. The predicted octanol–water partition coefficient (Wildman–Crippen LogP) is 2.29. The van der Waals surface area contributed by atoms with Crippen molar-refractivity contribution in [3.8, 4) is 6.07 Å². The fourth-order valence-electron chi connectivity index (χ4n) is 2.62. The van der Waals surface area contributed by atoms with E-state index in [9.17, 15) is 18.4 Å². The molecule has 0 aromatic carbocycles. The average Bonchev–Trinajstić information content (AvgIpc) is 2.59. The third-order valence-electron chi connectivity index (χ3n) is 3.32. The lowest BCUT2D eigenvalue weighted by molar-refractivity contribution is -0.147. The first kappa shape index (κ1) is 15.3. The molecule has 0 aromatic heterocycles. The van der Waals surface area contributed by atoms with Gasteiger partial charge in [-0.1, -0.05) is 0 Å². The molecule has 0 bridgehead atoms. The molecule has 3 nitrogen and oxygen atoms in total. The van der Waals surface area contributed by atoms with E-state index in [0.29, 0.717) is 19.3 Å². The fraction of sp³-hybridized carbons (Fsp3) is 0.917. The van der Waals surface area contributed by atoms with Crippen molar-refractivity contribution in [1.29, 1.82) is 5.26 Å². The average molecular weight is 263 g/mol. The van der Waals surface area contributed by atoms with E-state index in [-0.39, 0.29) is 12.1 Å². The number of alkyl halides is 3. The molecular weight excluding hydrogens is 243 g/mol. The van der Waals surface area contributed by atoms with Gasteiger partial charge >= 0.3 is 6.18 Å². The lowest BCUT2D eigenvalue weighted by atomic mass is 9.98. The highest BCUT2D eigenvalue weighted by atomic mass is 19.4. The van der Waals surface area contributed by atoms with Gasteiger partial charge in [0.05, 0.1) is 12.6 Å². The molecule has 0 aromatic rings. The molecule has 0 saturated heterocycles. The molecule has 1 saturated carbocycles. The van der Waals surface area contributed by atoms with Crippen LogP contribution in [0.5, 0.6) is 0 Å². The topological polar surface area (TPSA) is 39.1 Å². The molecule has 0 heterocycles. The van der Waals surface area contributed by atoms with Crippen LogP contribution in [-0.4, -0.2) is 42.3 Å². The summed E-state index contributed by atoms with van der Waals surface area (Å²) in [5, 5.41) is 12.4. The van der Waals surface area contributed by atoms with Crippen LogP contribution in [0.4, 0.5) is 13.2 Å². The van der Waals surface area contributed by atoms with Crippen LogP contribution < -0.4 is 5.32 Å². The van der Waals surface area contributed by atoms with Crippen molar-refractivity contribution >= 4 is 0 Å². The van der Waals surface area contributed by atoms with Gasteiger partial charge in [-0.25, -0.2) is 0 Å². The maximum atomic E-state index is 12.3. The molecule has 0 spiro atoms. The molecular formula is C12H20F3N3. The summed E-state index contributed by atoms with van der Waals surface area (Å²) in [5.74, 6) is 0. The van der Waals surface area contributed by atoms with E-state index in [1.807, 2.05) is 13.8 Å². The van der Waals surface area contributed by atoms with Gasteiger partial charge in [0.2, 0.25) is 0 Å². The Balaban J connectivity index is 2.62. The summed E-state index contributed by atoms with van der Waals surface area (Å²) >= 11 is 0. The van der Waals surface area contributed by atoms with Crippen LogP contribution >= 0.6 is 0 Å². The quantitative estimate of drug-likeness (QED) is 0.846. The zero-order valence-electron chi connectivity index (χ0n) is 11.0. The third-order valence-corrected chi connectivity index (χ3v) is 3.32. The Morgan fingerprint density at radius 1 is 1.50 bits per heavy atom. The van der Waals surface area contributed by atoms with Crippen LogP contribution in [0.15, 0.2) is 0 Å². The van der Waals surface area contributed by atoms with Crippen molar-refractivity contribution in [1.82, 2.24) is 10.2 Å². The molecule has 6 heteroatoms. The summed E-state index contributed by atoms with van der Waals surface area (Å²) in [6.07, 6.45) is -2.50. The largest absolute Gasteiger partial charge is 0.401 e. The normalized spacial score (nSPS) is 28.9. The molecule has 0 radical (unpaired) electrons. The zero-order chi connectivity index (χ0) is 14.0. The molecule has 1 rings (SSSR count). The minimum atomic E-state index is -4.18. The summed E-state index contributed by atoms with van der Waals surface area (Å²) < 4.78 is 37.0. The van der Waals surface area contributed by atoms with Gasteiger partial charge in [0.25, 0.3) is 0 Å². The van der Waals surface area contributed by atoms with E-state index in [2.05, 4.69) is 11.4 Å². The minimum Gasteiger partial charge on any atom is -0.297 e. The zero-order valence-corrected chi connectivity index (χ0v) is 11.0. The summed E-state index contributed by atoms with van der Waals surface area (Å²) in [4.78, 5) is 1.31. The van der Waals surface area contributed by atoms with Gasteiger partial charge in [0, 0.05) is 12.1 Å². The van der Waals surface area contributed by atoms with Gasteiger partial charge in [-0.2, -0.15) is 18.4 Å². The van der Waals surface area contributed by atoms with Crippen LogP contribution in [0.1, 0.15) is 33.1 Å². The number of nitrogens with one attached hydrogen (secondary N) is 1. The van der Waals surface area contributed by atoms with E-state index >= 15 is 0 Å². The fourth-order valence-corrected chi connectivity index (χ4v) is 2.62. The Morgan fingerprint density at radius 3 is 2.56 bits per heavy atom. The van der Waals surface area contributed by atoms with Crippen LogP contribution in [0.2, 0.25) is 0 Å². The molecule has 1 fully saturated rings. The number of rotatable bonds is 4. The van der Waals surface area contributed by atoms with Gasteiger partial charge in [0.15, 0.2) is 0 Å². The Labute approximate surface area is 106 Å². The van der Waals surface area contributed by atoms with Gasteiger partial charge in [-0.05, 0) is 40.2 Å². The second-order valence-corrected chi connectivity index (χ2v) is 5.42. The maximum absolute atomic E-state index is 12.3. The van der Waals surface area contributed by atoms with Gasteiger partial charge in [-0.15, -0.1) is 0 Å². The van der Waals surface area contributed by atoms with Crippen molar-refractivity contribution in [3.63, 3.8) is 0 Å². The first-order valence-corrected chi connectivity index (χ1v) is 6.13. The SMILES string of the molecule is CC(C)NC1(C#N)CCC(N(C)CC(F)(F)F)C1. The molecule has 1 aliphatic rings. The first-order valence-electron chi connectivity index (χ1n) is 6.13. The summed E-state index contributed by atoms with van der Waals surface area (Å²) in [7, 11) is 1.47. The van der Waals surface area contributed by atoms with Crippen molar-refractivity contribution in [2.24, 2.45) is 0 Å². The van der Waals surface area contributed by atoms with Gasteiger partial charge in [-0.3, -0.25) is 10.2 Å². The molecule has 0 amide bonds. The highest BCUT2D eigenvalue weighted by molar-refractivity contribution is 5.13. The van der Waals surface area contributed by atoms with E-state index in [0.717, 1.165) is 0 Å². The van der Waals surface area contributed by atoms with Crippen molar-refractivity contribution in [2.45, 2.75) is 56.9 Å². The van der Waals surface area contributed by atoms with Crippen LogP contribution in [-0.2, 0) is 0 Å². The van der Waals surface area contributed by atoms with Gasteiger partial charge in [0.1, 0.15) is 5.54 Å². The number of nitriles is 1. The van der Waals surface area contributed by atoms with E-state index in [1.54, 1.807) is 0 Å². The molecule has 1 aliphatic carbocycles. The van der Waals surface area contributed by atoms with Crippen LogP contribution in [0.3, 0.4) is 0 Å².